The SMILES string of the molecule is C/C=C\C(Br)=NC(C)C. The van der Waals surface area contributed by atoms with E-state index < -0.39 is 0 Å². The lowest BCUT2D eigenvalue weighted by atomic mass is 10.4. The summed E-state index contributed by atoms with van der Waals surface area (Å²) in [6, 6.07) is 0.371. The standard InChI is InChI=1S/C7H12BrN/c1-4-5-7(8)9-6(2)3/h4-6H,1-3H3/b5-4-,9-7?. The van der Waals surface area contributed by atoms with Crippen LogP contribution in [0.4, 0.5) is 0 Å². The Balaban J connectivity index is 3.84. The van der Waals surface area contributed by atoms with Crippen molar-refractivity contribution in [2.45, 2.75) is 26.8 Å². The Kier molecular flexibility index (Phi) is 4.68. The van der Waals surface area contributed by atoms with Crippen molar-refractivity contribution in [3.8, 4) is 0 Å². The molecule has 0 atom stereocenters. The molecule has 0 aromatic heterocycles. The molecule has 0 saturated heterocycles. The zero-order valence-electron chi connectivity index (χ0n) is 6.06. The zero-order valence-corrected chi connectivity index (χ0v) is 7.64. The summed E-state index contributed by atoms with van der Waals surface area (Å²) >= 11 is 3.30. The molecule has 0 saturated carbocycles. The molecule has 0 aliphatic rings. The monoisotopic (exact) mass is 189 g/mol. The Morgan fingerprint density at radius 2 is 2.11 bits per heavy atom. The normalized spacial score (nSPS) is 13.7. The van der Waals surface area contributed by atoms with E-state index in [1.165, 1.54) is 0 Å². The molecule has 0 aromatic rings. The molecule has 2 heteroatoms. The topological polar surface area (TPSA) is 12.4 Å². The van der Waals surface area contributed by atoms with Crippen LogP contribution in [-0.2, 0) is 0 Å². The molecule has 0 radical (unpaired) electrons. The van der Waals surface area contributed by atoms with Crippen molar-refractivity contribution in [1.29, 1.82) is 0 Å². The summed E-state index contributed by atoms with van der Waals surface area (Å²) in [5.41, 5.74) is 0. The molecule has 9 heavy (non-hydrogen) atoms. The van der Waals surface area contributed by atoms with Crippen molar-refractivity contribution >= 4 is 20.6 Å². The fourth-order valence-electron chi connectivity index (χ4n) is 0.427. The fraction of sp³-hybridized carbons (Fsp3) is 0.571. The van der Waals surface area contributed by atoms with Crippen molar-refractivity contribution in [2.24, 2.45) is 4.99 Å². The summed E-state index contributed by atoms with van der Waals surface area (Å²) in [5.74, 6) is 0. The summed E-state index contributed by atoms with van der Waals surface area (Å²) in [7, 11) is 0. The maximum absolute atomic E-state index is 4.21. The van der Waals surface area contributed by atoms with E-state index >= 15 is 0 Å². The number of halogens is 1. The first-order valence-electron chi connectivity index (χ1n) is 3.02. The van der Waals surface area contributed by atoms with Crippen molar-refractivity contribution < 1.29 is 0 Å². The van der Waals surface area contributed by atoms with Crippen molar-refractivity contribution in [2.75, 3.05) is 0 Å². The minimum atomic E-state index is 0.371. The van der Waals surface area contributed by atoms with E-state index in [0.717, 1.165) is 4.62 Å². The molecule has 0 rings (SSSR count). The van der Waals surface area contributed by atoms with Crippen LogP contribution in [-0.4, -0.2) is 10.7 Å². The zero-order chi connectivity index (χ0) is 7.28. The highest BCUT2D eigenvalue weighted by Crippen LogP contribution is 1.96. The van der Waals surface area contributed by atoms with E-state index in [2.05, 4.69) is 20.9 Å². The Morgan fingerprint density at radius 3 is 2.44 bits per heavy atom. The lowest BCUT2D eigenvalue weighted by Gasteiger charge is -1.94. The van der Waals surface area contributed by atoms with Gasteiger partial charge in [0.05, 0.1) is 0 Å². The maximum atomic E-state index is 4.21. The van der Waals surface area contributed by atoms with E-state index in [1.54, 1.807) is 0 Å². The van der Waals surface area contributed by atoms with Crippen LogP contribution in [0.3, 0.4) is 0 Å². The molecule has 0 N–H and O–H groups in total. The van der Waals surface area contributed by atoms with Gasteiger partial charge in [-0.1, -0.05) is 6.08 Å². The van der Waals surface area contributed by atoms with Crippen LogP contribution in [0.2, 0.25) is 0 Å². The minimum absolute atomic E-state index is 0.371. The summed E-state index contributed by atoms with van der Waals surface area (Å²) in [6.07, 6.45) is 3.88. The average Bonchev–Trinajstić information content (AvgIpc) is 1.63. The smallest absolute Gasteiger partial charge is 0.100 e. The predicted octanol–water partition coefficient (Wildman–Crippen LogP) is 2.76. The van der Waals surface area contributed by atoms with Crippen molar-refractivity contribution in [3.63, 3.8) is 0 Å². The van der Waals surface area contributed by atoms with Crippen molar-refractivity contribution in [3.05, 3.63) is 12.2 Å². The molecular weight excluding hydrogens is 178 g/mol. The number of nitrogens with zero attached hydrogens (tertiary/aromatic N) is 1. The van der Waals surface area contributed by atoms with Gasteiger partial charge in [-0.05, 0) is 42.8 Å². The van der Waals surface area contributed by atoms with Gasteiger partial charge in [0.15, 0.2) is 0 Å². The van der Waals surface area contributed by atoms with Gasteiger partial charge in [0.25, 0.3) is 0 Å². The molecule has 0 fully saturated rings. The summed E-state index contributed by atoms with van der Waals surface area (Å²) in [5, 5.41) is 0. The van der Waals surface area contributed by atoms with E-state index in [1.807, 2.05) is 32.9 Å². The molecule has 0 amide bonds. The average molecular weight is 190 g/mol. The number of hydrogen-bond acceptors (Lipinski definition) is 1. The highest BCUT2D eigenvalue weighted by atomic mass is 79.9. The lowest BCUT2D eigenvalue weighted by molar-refractivity contribution is 0.841. The maximum Gasteiger partial charge on any atom is 0.100 e. The van der Waals surface area contributed by atoms with Gasteiger partial charge in [0, 0.05) is 6.04 Å². The second-order valence-electron chi connectivity index (χ2n) is 2.05. The first kappa shape index (κ1) is 8.89. The Hall–Kier alpha value is -0.110. The molecule has 0 heterocycles. The van der Waals surface area contributed by atoms with E-state index in [4.69, 9.17) is 0 Å². The molecule has 0 unspecified atom stereocenters. The first-order valence-corrected chi connectivity index (χ1v) is 3.82. The van der Waals surface area contributed by atoms with Crippen LogP contribution in [0.5, 0.6) is 0 Å². The molecular formula is C7H12BrN. The van der Waals surface area contributed by atoms with Crippen molar-refractivity contribution in [1.82, 2.24) is 0 Å². The second-order valence-corrected chi connectivity index (χ2v) is 2.86. The van der Waals surface area contributed by atoms with Gasteiger partial charge in [0.2, 0.25) is 0 Å². The molecule has 0 aliphatic heterocycles. The van der Waals surface area contributed by atoms with Crippen LogP contribution in [0.1, 0.15) is 20.8 Å². The van der Waals surface area contributed by atoms with Gasteiger partial charge in [0.1, 0.15) is 4.62 Å². The summed E-state index contributed by atoms with van der Waals surface area (Å²) < 4.78 is 0.917. The van der Waals surface area contributed by atoms with E-state index in [0.29, 0.717) is 6.04 Å². The Bertz CT molecular complexity index is 125. The number of rotatable bonds is 2. The van der Waals surface area contributed by atoms with Gasteiger partial charge in [-0.15, -0.1) is 0 Å². The predicted molar refractivity (Wildman–Crippen MR) is 46.3 cm³/mol. The third-order valence-corrected chi connectivity index (χ3v) is 1.15. The Morgan fingerprint density at radius 1 is 1.56 bits per heavy atom. The summed E-state index contributed by atoms with van der Waals surface area (Å²) in [6.45, 7) is 6.06. The number of allylic oxidation sites excluding steroid dienone is 2. The quantitative estimate of drug-likeness (QED) is 0.593. The highest BCUT2D eigenvalue weighted by molar-refractivity contribution is 9.18. The number of hydrogen-bond donors (Lipinski definition) is 0. The first-order chi connectivity index (χ1) is 4.16. The van der Waals surface area contributed by atoms with Crippen LogP contribution >= 0.6 is 15.9 Å². The van der Waals surface area contributed by atoms with Crippen LogP contribution in [0, 0.1) is 0 Å². The van der Waals surface area contributed by atoms with E-state index in [-0.39, 0.29) is 0 Å². The molecule has 0 spiro atoms. The highest BCUT2D eigenvalue weighted by Gasteiger charge is 1.87. The third kappa shape index (κ3) is 5.77. The second kappa shape index (κ2) is 4.74. The summed E-state index contributed by atoms with van der Waals surface area (Å²) in [4.78, 5) is 4.21. The van der Waals surface area contributed by atoms with Gasteiger partial charge in [-0.3, -0.25) is 4.99 Å². The van der Waals surface area contributed by atoms with E-state index in [9.17, 15) is 0 Å². The third-order valence-electron chi connectivity index (χ3n) is 0.686. The Labute approximate surface area is 65.0 Å². The minimum Gasteiger partial charge on any atom is -0.275 e. The molecule has 0 aromatic carbocycles. The lowest BCUT2D eigenvalue weighted by Crippen LogP contribution is -1.91. The van der Waals surface area contributed by atoms with Gasteiger partial charge in [-0.25, -0.2) is 0 Å². The number of aliphatic imine (C=N–C) groups is 1. The molecule has 1 nitrogen and oxygen atoms in total. The molecule has 0 aliphatic carbocycles. The van der Waals surface area contributed by atoms with Gasteiger partial charge < -0.3 is 0 Å². The largest absolute Gasteiger partial charge is 0.275 e. The van der Waals surface area contributed by atoms with Gasteiger partial charge in [-0.2, -0.15) is 0 Å². The van der Waals surface area contributed by atoms with Crippen LogP contribution < -0.4 is 0 Å². The van der Waals surface area contributed by atoms with Gasteiger partial charge >= 0.3 is 0 Å². The van der Waals surface area contributed by atoms with Crippen LogP contribution in [0.25, 0.3) is 0 Å². The fourth-order valence-corrected chi connectivity index (χ4v) is 1.10. The van der Waals surface area contributed by atoms with Crippen LogP contribution in [0.15, 0.2) is 17.1 Å². The molecule has 52 valence electrons. The molecule has 0 bridgehead atoms.